The van der Waals surface area contributed by atoms with Crippen LogP contribution in [0.3, 0.4) is 0 Å². The van der Waals surface area contributed by atoms with Crippen LogP contribution in [-0.2, 0) is 10.2 Å². The summed E-state index contributed by atoms with van der Waals surface area (Å²) in [5.74, 6) is 1.27. The van der Waals surface area contributed by atoms with Gasteiger partial charge in [0, 0.05) is 18.4 Å². The number of benzene rings is 1. The Morgan fingerprint density at radius 3 is 2.58 bits per heavy atom. The van der Waals surface area contributed by atoms with Crippen LogP contribution in [-0.4, -0.2) is 25.5 Å². The Kier molecular flexibility index (Phi) is 8.24. The van der Waals surface area contributed by atoms with Gasteiger partial charge in [-0.05, 0) is 50.3 Å². The van der Waals surface area contributed by atoms with Gasteiger partial charge in [0.25, 0.3) is 0 Å². The molecule has 0 bridgehead atoms. The molecule has 1 aromatic rings. The normalized spacial score (nSPS) is 19.2. The summed E-state index contributed by atoms with van der Waals surface area (Å²) in [6.45, 7) is 11.6. The average Bonchev–Trinajstić information content (AvgIpc) is 2.54. The molecule has 2 unspecified atom stereocenters. The molecule has 2 rings (SSSR count). The number of hydrogen-bond donors (Lipinski definition) is 2. The number of piperidine rings is 1. The van der Waals surface area contributed by atoms with E-state index in [-0.39, 0.29) is 23.7 Å². The van der Waals surface area contributed by atoms with Crippen LogP contribution in [0.4, 0.5) is 0 Å². The summed E-state index contributed by atoms with van der Waals surface area (Å²) >= 11 is 0. The number of halogens is 1. The van der Waals surface area contributed by atoms with E-state index in [9.17, 15) is 4.79 Å². The predicted molar refractivity (Wildman–Crippen MR) is 104 cm³/mol. The van der Waals surface area contributed by atoms with Gasteiger partial charge in [-0.25, -0.2) is 0 Å². The van der Waals surface area contributed by atoms with E-state index in [4.69, 9.17) is 0 Å². The lowest BCUT2D eigenvalue weighted by molar-refractivity contribution is -0.122. The first-order valence-electron chi connectivity index (χ1n) is 8.93. The maximum Gasteiger partial charge on any atom is 0.220 e. The summed E-state index contributed by atoms with van der Waals surface area (Å²) in [5.41, 5.74) is 2.50. The number of carbonyl (C=O) groups is 1. The molecule has 1 aliphatic heterocycles. The second-order valence-electron chi connectivity index (χ2n) is 7.81. The third-order valence-corrected chi connectivity index (χ3v) is 5.21. The van der Waals surface area contributed by atoms with E-state index in [1.54, 1.807) is 0 Å². The Morgan fingerprint density at radius 2 is 2.00 bits per heavy atom. The standard InChI is InChI=1S/C20H32N2O.ClH/c1-15-7-9-18(10-8-15)20(3,4)14-22-19(23)12-16(2)17-6-5-11-21-13-17;/h7-10,16-17,21H,5-6,11-14H2,1-4H3,(H,22,23);1H. The second-order valence-corrected chi connectivity index (χ2v) is 7.81. The van der Waals surface area contributed by atoms with E-state index in [2.05, 4.69) is 62.6 Å². The Balaban J connectivity index is 0.00000288. The first-order chi connectivity index (χ1) is 10.9. The molecule has 4 heteroatoms. The fraction of sp³-hybridized carbons (Fsp3) is 0.650. The van der Waals surface area contributed by atoms with E-state index in [0.717, 1.165) is 13.1 Å². The molecule has 3 nitrogen and oxygen atoms in total. The van der Waals surface area contributed by atoms with Crippen molar-refractivity contribution in [3.8, 4) is 0 Å². The highest BCUT2D eigenvalue weighted by atomic mass is 35.5. The van der Waals surface area contributed by atoms with Crippen LogP contribution >= 0.6 is 12.4 Å². The Labute approximate surface area is 153 Å². The molecule has 2 N–H and O–H groups in total. The van der Waals surface area contributed by atoms with Gasteiger partial charge in [-0.2, -0.15) is 0 Å². The molecule has 0 radical (unpaired) electrons. The van der Waals surface area contributed by atoms with Crippen molar-refractivity contribution in [1.29, 1.82) is 0 Å². The quantitative estimate of drug-likeness (QED) is 0.816. The zero-order valence-electron chi connectivity index (χ0n) is 15.5. The van der Waals surface area contributed by atoms with Crippen LogP contribution in [0.1, 0.15) is 51.2 Å². The molecule has 1 aliphatic rings. The largest absolute Gasteiger partial charge is 0.355 e. The number of aryl methyl sites for hydroxylation is 1. The van der Waals surface area contributed by atoms with Crippen LogP contribution in [0.5, 0.6) is 0 Å². The molecule has 0 aliphatic carbocycles. The van der Waals surface area contributed by atoms with Crippen molar-refractivity contribution in [3.63, 3.8) is 0 Å². The molecule has 0 saturated carbocycles. The van der Waals surface area contributed by atoms with E-state index in [0.29, 0.717) is 24.8 Å². The molecule has 24 heavy (non-hydrogen) atoms. The smallest absolute Gasteiger partial charge is 0.220 e. The van der Waals surface area contributed by atoms with Crippen LogP contribution in [0.25, 0.3) is 0 Å². The molecule has 136 valence electrons. The van der Waals surface area contributed by atoms with Gasteiger partial charge in [0.1, 0.15) is 0 Å². The molecule has 1 heterocycles. The zero-order chi connectivity index (χ0) is 16.9. The van der Waals surface area contributed by atoms with Crippen LogP contribution in [0.15, 0.2) is 24.3 Å². The van der Waals surface area contributed by atoms with Gasteiger partial charge in [-0.15, -0.1) is 12.4 Å². The van der Waals surface area contributed by atoms with Crippen molar-refractivity contribution < 1.29 is 4.79 Å². The summed E-state index contributed by atoms with van der Waals surface area (Å²) < 4.78 is 0. The topological polar surface area (TPSA) is 41.1 Å². The van der Waals surface area contributed by atoms with E-state index in [1.165, 1.54) is 24.0 Å². The Morgan fingerprint density at radius 1 is 1.33 bits per heavy atom. The number of nitrogens with one attached hydrogen (secondary N) is 2. The van der Waals surface area contributed by atoms with Crippen molar-refractivity contribution in [1.82, 2.24) is 10.6 Å². The fourth-order valence-electron chi connectivity index (χ4n) is 3.32. The van der Waals surface area contributed by atoms with E-state index >= 15 is 0 Å². The monoisotopic (exact) mass is 352 g/mol. The van der Waals surface area contributed by atoms with Crippen molar-refractivity contribution in [2.45, 2.75) is 52.4 Å². The fourth-order valence-corrected chi connectivity index (χ4v) is 3.32. The first-order valence-corrected chi connectivity index (χ1v) is 8.93. The maximum atomic E-state index is 12.3. The third-order valence-electron chi connectivity index (χ3n) is 5.21. The van der Waals surface area contributed by atoms with E-state index in [1.807, 2.05) is 0 Å². The highest BCUT2D eigenvalue weighted by Gasteiger charge is 2.24. The molecule has 0 spiro atoms. The minimum atomic E-state index is -0.0427. The number of carbonyl (C=O) groups excluding carboxylic acids is 1. The lowest BCUT2D eigenvalue weighted by Crippen LogP contribution is -2.39. The summed E-state index contributed by atoms with van der Waals surface area (Å²) in [5, 5.41) is 6.59. The number of rotatable bonds is 6. The lowest BCUT2D eigenvalue weighted by Gasteiger charge is -2.29. The summed E-state index contributed by atoms with van der Waals surface area (Å²) in [4.78, 5) is 12.3. The molecule has 1 aromatic carbocycles. The summed E-state index contributed by atoms with van der Waals surface area (Å²) in [6.07, 6.45) is 3.11. The number of hydrogen-bond acceptors (Lipinski definition) is 2. The van der Waals surface area contributed by atoms with E-state index < -0.39 is 0 Å². The van der Waals surface area contributed by atoms with Crippen molar-refractivity contribution >= 4 is 18.3 Å². The van der Waals surface area contributed by atoms with Gasteiger partial charge in [0.05, 0.1) is 0 Å². The van der Waals surface area contributed by atoms with Crippen molar-refractivity contribution in [3.05, 3.63) is 35.4 Å². The summed E-state index contributed by atoms with van der Waals surface area (Å²) in [6, 6.07) is 8.60. The maximum absolute atomic E-state index is 12.3. The number of amides is 1. The minimum Gasteiger partial charge on any atom is -0.355 e. The highest BCUT2D eigenvalue weighted by molar-refractivity contribution is 5.85. The predicted octanol–water partition coefficient (Wildman–Crippen LogP) is 3.84. The lowest BCUT2D eigenvalue weighted by atomic mass is 9.83. The van der Waals surface area contributed by atoms with Gasteiger partial charge in [0.15, 0.2) is 0 Å². The van der Waals surface area contributed by atoms with Gasteiger partial charge >= 0.3 is 0 Å². The molecular formula is C20H33ClN2O. The molecular weight excluding hydrogens is 320 g/mol. The average molecular weight is 353 g/mol. The summed E-state index contributed by atoms with van der Waals surface area (Å²) in [7, 11) is 0. The third kappa shape index (κ3) is 6.10. The molecule has 1 fully saturated rings. The minimum absolute atomic E-state index is 0. The molecule has 1 saturated heterocycles. The van der Waals surface area contributed by atoms with Gasteiger partial charge < -0.3 is 10.6 Å². The Bertz CT molecular complexity index is 507. The Hall–Kier alpha value is -1.06. The SMILES string of the molecule is Cc1ccc(C(C)(C)CNC(=O)CC(C)C2CCCNC2)cc1.Cl. The van der Waals surface area contributed by atoms with Gasteiger partial charge in [0.2, 0.25) is 5.91 Å². The molecule has 1 amide bonds. The second kappa shape index (κ2) is 9.43. The molecule has 0 aromatic heterocycles. The zero-order valence-corrected chi connectivity index (χ0v) is 16.3. The van der Waals surface area contributed by atoms with Gasteiger partial charge in [-0.1, -0.05) is 50.6 Å². The van der Waals surface area contributed by atoms with Crippen LogP contribution < -0.4 is 10.6 Å². The highest BCUT2D eigenvalue weighted by Crippen LogP contribution is 2.24. The molecule has 2 atom stereocenters. The van der Waals surface area contributed by atoms with Crippen LogP contribution in [0, 0.1) is 18.8 Å². The van der Waals surface area contributed by atoms with Crippen molar-refractivity contribution in [2.75, 3.05) is 19.6 Å². The van der Waals surface area contributed by atoms with Crippen molar-refractivity contribution in [2.24, 2.45) is 11.8 Å². The first kappa shape index (κ1) is 21.0. The van der Waals surface area contributed by atoms with Crippen LogP contribution in [0.2, 0.25) is 0 Å². The van der Waals surface area contributed by atoms with Gasteiger partial charge in [-0.3, -0.25) is 4.79 Å².